The zero-order valence-electron chi connectivity index (χ0n) is 10.2. The van der Waals surface area contributed by atoms with E-state index in [4.69, 9.17) is 4.74 Å². The van der Waals surface area contributed by atoms with Gasteiger partial charge in [-0.2, -0.15) is 0 Å². The third kappa shape index (κ3) is 1.80. The first kappa shape index (κ1) is 11.0. The lowest BCUT2D eigenvalue weighted by Crippen LogP contribution is -2.46. The Labute approximate surface area is 98.4 Å². The largest absolute Gasteiger partial charge is 0.390 e. The van der Waals surface area contributed by atoms with E-state index in [2.05, 4.69) is 0 Å². The zero-order valence-corrected chi connectivity index (χ0v) is 10.2. The van der Waals surface area contributed by atoms with E-state index in [0.717, 1.165) is 32.3 Å². The summed E-state index contributed by atoms with van der Waals surface area (Å²) in [6.45, 7) is 0.882. The highest BCUT2D eigenvalue weighted by Crippen LogP contribution is 2.48. The molecule has 0 aromatic carbocycles. The van der Waals surface area contributed by atoms with Crippen LogP contribution in [0.4, 0.5) is 0 Å². The normalized spacial score (nSPS) is 36.9. The van der Waals surface area contributed by atoms with E-state index >= 15 is 0 Å². The second kappa shape index (κ2) is 3.99. The Morgan fingerprint density at radius 3 is 2.25 bits per heavy atom. The van der Waals surface area contributed by atoms with Crippen molar-refractivity contribution in [1.29, 1.82) is 0 Å². The van der Waals surface area contributed by atoms with E-state index in [9.17, 15) is 5.11 Å². The predicted octanol–water partition coefficient (Wildman–Crippen LogP) is 3.03. The van der Waals surface area contributed by atoms with Crippen LogP contribution in [0.2, 0.25) is 0 Å². The molecular weight excluding hydrogens is 200 g/mol. The Kier molecular flexibility index (Phi) is 2.75. The Bertz CT molecular complexity index is 239. The van der Waals surface area contributed by atoms with Gasteiger partial charge < -0.3 is 9.84 Å². The fraction of sp³-hybridized carbons (Fsp3) is 1.00. The van der Waals surface area contributed by atoms with Gasteiger partial charge in [-0.15, -0.1) is 0 Å². The van der Waals surface area contributed by atoms with Gasteiger partial charge in [0, 0.05) is 6.61 Å². The highest BCUT2D eigenvalue weighted by Gasteiger charge is 2.47. The summed E-state index contributed by atoms with van der Waals surface area (Å²) in [7, 11) is 0. The Hall–Kier alpha value is -0.0800. The summed E-state index contributed by atoms with van der Waals surface area (Å²) >= 11 is 0. The molecule has 16 heavy (non-hydrogen) atoms. The molecule has 1 aliphatic heterocycles. The standard InChI is InChI=1S/C14H24O2/c15-14(8-3-4-9-14)12-5-10-16-13(11-12)6-1-2-7-13/h12,15H,1-11H2. The van der Waals surface area contributed by atoms with Crippen molar-refractivity contribution in [2.45, 2.75) is 75.4 Å². The molecule has 92 valence electrons. The lowest BCUT2D eigenvalue weighted by Gasteiger charge is -2.44. The predicted molar refractivity (Wildman–Crippen MR) is 63.3 cm³/mol. The van der Waals surface area contributed by atoms with Crippen LogP contribution in [0.5, 0.6) is 0 Å². The maximum absolute atomic E-state index is 10.7. The monoisotopic (exact) mass is 224 g/mol. The Morgan fingerprint density at radius 1 is 0.938 bits per heavy atom. The van der Waals surface area contributed by atoms with Crippen molar-refractivity contribution in [3.8, 4) is 0 Å². The second-order valence-electron chi connectivity index (χ2n) is 6.24. The van der Waals surface area contributed by atoms with Crippen molar-refractivity contribution in [1.82, 2.24) is 0 Å². The van der Waals surface area contributed by atoms with E-state index in [1.165, 1.54) is 38.5 Å². The molecule has 0 radical (unpaired) electrons. The molecule has 1 N–H and O–H groups in total. The van der Waals surface area contributed by atoms with Crippen LogP contribution in [0.3, 0.4) is 0 Å². The molecule has 3 aliphatic rings. The number of hydrogen-bond acceptors (Lipinski definition) is 2. The molecule has 2 saturated carbocycles. The number of hydrogen-bond donors (Lipinski definition) is 1. The quantitative estimate of drug-likeness (QED) is 0.742. The molecule has 2 aliphatic carbocycles. The van der Waals surface area contributed by atoms with Crippen LogP contribution in [-0.4, -0.2) is 22.9 Å². The lowest BCUT2D eigenvalue weighted by atomic mass is 9.74. The number of rotatable bonds is 1. The first-order valence-corrected chi connectivity index (χ1v) is 7.09. The molecule has 3 fully saturated rings. The molecule has 1 heterocycles. The molecule has 0 aromatic rings. The van der Waals surface area contributed by atoms with E-state index < -0.39 is 0 Å². The fourth-order valence-corrected chi connectivity index (χ4v) is 4.25. The SMILES string of the molecule is OC1(C2CCOC3(CCCC3)C2)CCCC1. The maximum Gasteiger partial charge on any atom is 0.0686 e. The first-order valence-electron chi connectivity index (χ1n) is 7.09. The summed E-state index contributed by atoms with van der Waals surface area (Å²) < 4.78 is 6.05. The molecule has 0 amide bonds. The van der Waals surface area contributed by atoms with E-state index in [1.807, 2.05) is 0 Å². The third-order valence-corrected chi connectivity index (χ3v) is 5.24. The van der Waals surface area contributed by atoms with E-state index in [1.54, 1.807) is 0 Å². The summed E-state index contributed by atoms with van der Waals surface area (Å²) in [5, 5.41) is 10.7. The van der Waals surface area contributed by atoms with Gasteiger partial charge in [0.15, 0.2) is 0 Å². The molecule has 2 nitrogen and oxygen atoms in total. The van der Waals surface area contributed by atoms with Crippen LogP contribution in [0, 0.1) is 5.92 Å². The lowest BCUT2D eigenvalue weighted by molar-refractivity contribution is -0.138. The van der Waals surface area contributed by atoms with Crippen LogP contribution in [0.15, 0.2) is 0 Å². The summed E-state index contributed by atoms with van der Waals surface area (Å²) in [5.41, 5.74) is -0.166. The summed E-state index contributed by atoms with van der Waals surface area (Å²) in [6.07, 6.45) is 11.8. The Balaban J connectivity index is 1.72. The van der Waals surface area contributed by atoms with Gasteiger partial charge in [0.1, 0.15) is 0 Å². The van der Waals surface area contributed by atoms with Crippen molar-refractivity contribution in [3.05, 3.63) is 0 Å². The molecule has 1 atom stereocenters. The third-order valence-electron chi connectivity index (χ3n) is 5.24. The van der Waals surface area contributed by atoms with Gasteiger partial charge in [-0.05, 0) is 44.4 Å². The summed E-state index contributed by atoms with van der Waals surface area (Å²) in [5.74, 6) is 0.516. The molecular formula is C14H24O2. The minimum Gasteiger partial charge on any atom is -0.390 e. The fourth-order valence-electron chi connectivity index (χ4n) is 4.25. The molecule has 2 heteroatoms. The highest BCUT2D eigenvalue weighted by atomic mass is 16.5. The van der Waals surface area contributed by atoms with E-state index in [0.29, 0.717) is 5.92 Å². The molecule has 1 saturated heterocycles. The van der Waals surface area contributed by atoms with Crippen LogP contribution in [0.25, 0.3) is 0 Å². The Morgan fingerprint density at radius 2 is 1.56 bits per heavy atom. The molecule has 1 unspecified atom stereocenters. The van der Waals surface area contributed by atoms with Crippen molar-refractivity contribution in [3.63, 3.8) is 0 Å². The summed E-state index contributed by atoms with van der Waals surface area (Å²) in [6, 6.07) is 0. The van der Waals surface area contributed by atoms with Gasteiger partial charge in [0.2, 0.25) is 0 Å². The van der Waals surface area contributed by atoms with Crippen LogP contribution in [-0.2, 0) is 4.74 Å². The van der Waals surface area contributed by atoms with Crippen molar-refractivity contribution in [2.24, 2.45) is 5.92 Å². The average molecular weight is 224 g/mol. The first-order chi connectivity index (χ1) is 7.73. The zero-order chi connectivity index (χ0) is 11.1. The molecule has 3 rings (SSSR count). The van der Waals surface area contributed by atoms with Gasteiger partial charge in [-0.1, -0.05) is 25.7 Å². The topological polar surface area (TPSA) is 29.5 Å². The molecule has 0 bridgehead atoms. The van der Waals surface area contributed by atoms with Crippen molar-refractivity contribution in [2.75, 3.05) is 6.61 Å². The molecule has 0 aromatic heterocycles. The minimum absolute atomic E-state index is 0.168. The minimum atomic E-state index is -0.334. The molecule has 1 spiro atoms. The second-order valence-corrected chi connectivity index (χ2v) is 6.24. The summed E-state index contributed by atoms with van der Waals surface area (Å²) in [4.78, 5) is 0. The van der Waals surface area contributed by atoms with Gasteiger partial charge in [-0.25, -0.2) is 0 Å². The van der Waals surface area contributed by atoms with Gasteiger partial charge in [0.05, 0.1) is 11.2 Å². The van der Waals surface area contributed by atoms with Crippen LogP contribution >= 0.6 is 0 Å². The smallest absolute Gasteiger partial charge is 0.0686 e. The van der Waals surface area contributed by atoms with Crippen LogP contribution < -0.4 is 0 Å². The van der Waals surface area contributed by atoms with Gasteiger partial charge in [-0.3, -0.25) is 0 Å². The number of ether oxygens (including phenoxy) is 1. The number of aliphatic hydroxyl groups is 1. The van der Waals surface area contributed by atoms with Gasteiger partial charge >= 0.3 is 0 Å². The van der Waals surface area contributed by atoms with Gasteiger partial charge in [0.25, 0.3) is 0 Å². The van der Waals surface area contributed by atoms with Crippen LogP contribution in [0.1, 0.15) is 64.2 Å². The highest BCUT2D eigenvalue weighted by molar-refractivity contribution is 4.99. The van der Waals surface area contributed by atoms with Crippen molar-refractivity contribution < 1.29 is 9.84 Å². The maximum atomic E-state index is 10.7. The van der Waals surface area contributed by atoms with Crippen molar-refractivity contribution >= 4 is 0 Å². The average Bonchev–Trinajstić information content (AvgIpc) is 2.90. The van der Waals surface area contributed by atoms with E-state index in [-0.39, 0.29) is 11.2 Å².